The number of pyridine rings is 1. The maximum absolute atomic E-state index is 12.7. The fourth-order valence-corrected chi connectivity index (χ4v) is 2.76. The Morgan fingerprint density at radius 2 is 1.92 bits per heavy atom. The number of benzene rings is 1. The molecule has 0 fully saturated rings. The normalized spacial score (nSPS) is 11.7. The summed E-state index contributed by atoms with van der Waals surface area (Å²) in [6.45, 7) is 10.9. The van der Waals surface area contributed by atoms with Crippen molar-refractivity contribution in [2.45, 2.75) is 54.0 Å². The molecule has 130 valence electrons. The van der Waals surface area contributed by atoms with Crippen LogP contribution in [0.4, 0.5) is 0 Å². The summed E-state index contributed by atoms with van der Waals surface area (Å²) < 4.78 is 0. The van der Waals surface area contributed by atoms with Crippen LogP contribution in [-0.4, -0.2) is 22.3 Å². The number of hydrogen-bond acceptors (Lipinski definition) is 2. The van der Waals surface area contributed by atoms with Crippen molar-refractivity contribution < 1.29 is 4.79 Å². The Hall–Kier alpha value is -2.10. The summed E-state index contributed by atoms with van der Waals surface area (Å²) in [5.41, 5.74) is 2.02. The van der Waals surface area contributed by atoms with E-state index >= 15 is 0 Å². The number of nitrogens with one attached hydrogen (secondary N) is 1. The molecular formula is C20H28N2O2. The molecule has 0 aliphatic heterocycles. The highest BCUT2D eigenvalue weighted by molar-refractivity contribution is 5.82. The zero-order valence-corrected chi connectivity index (χ0v) is 15.4. The Kier molecular flexibility index (Phi) is 5.47. The SMILES string of the molecule is CCCCN(Cc1cc2ccc(C)cc2[nH]c1=O)C(=O)C(C)(C)C. The van der Waals surface area contributed by atoms with Crippen molar-refractivity contribution in [3.8, 4) is 0 Å². The number of H-pyrrole nitrogens is 1. The van der Waals surface area contributed by atoms with Crippen LogP contribution in [-0.2, 0) is 11.3 Å². The van der Waals surface area contributed by atoms with Crippen molar-refractivity contribution in [1.82, 2.24) is 9.88 Å². The number of aromatic amines is 1. The molecular weight excluding hydrogens is 300 g/mol. The third kappa shape index (κ3) is 4.25. The first-order chi connectivity index (χ1) is 11.2. The average molecular weight is 328 g/mol. The van der Waals surface area contributed by atoms with Crippen molar-refractivity contribution >= 4 is 16.8 Å². The number of unbranched alkanes of at least 4 members (excludes halogenated alkanes) is 1. The standard InChI is InChI=1S/C20H28N2O2/c1-6-7-10-22(19(24)20(3,4)5)13-16-12-15-9-8-14(2)11-17(15)21-18(16)23/h8-9,11-12H,6-7,10,13H2,1-5H3,(H,21,23). The smallest absolute Gasteiger partial charge is 0.253 e. The lowest BCUT2D eigenvalue weighted by atomic mass is 9.94. The lowest BCUT2D eigenvalue weighted by Crippen LogP contribution is -2.40. The number of hydrogen-bond donors (Lipinski definition) is 1. The van der Waals surface area contributed by atoms with E-state index in [9.17, 15) is 9.59 Å². The third-order valence-electron chi connectivity index (χ3n) is 4.15. The molecule has 2 rings (SSSR count). The van der Waals surface area contributed by atoms with Crippen molar-refractivity contribution in [1.29, 1.82) is 0 Å². The van der Waals surface area contributed by atoms with E-state index in [1.165, 1.54) is 0 Å². The van der Waals surface area contributed by atoms with Gasteiger partial charge in [-0.2, -0.15) is 0 Å². The van der Waals surface area contributed by atoms with Gasteiger partial charge in [-0.3, -0.25) is 9.59 Å². The number of aryl methyl sites for hydroxylation is 1. The molecule has 1 aromatic carbocycles. The molecule has 1 amide bonds. The summed E-state index contributed by atoms with van der Waals surface area (Å²) in [5, 5.41) is 0.994. The van der Waals surface area contributed by atoms with Gasteiger partial charge in [0.1, 0.15) is 0 Å². The van der Waals surface area contributed by atoms with Gasteiger partial charge in [-0.05, 0) is 36.4 Å². The number of rotatable bonds is 5. The highest BCUT2D eigenvalue weighted by Crippen LogP contribution is 2.20. The minimum absolute atomic E-state index is 0.0827. The molecule has 4 nitrogen and oxygen atoms in total. The molecule has 0 atom stereocenters. The van der Waals surface area contributed by atoms with Crippen LogP contribution in [0.3, 0.4) is 0 Å². The maximum atomic E-state index is 12.7. The van der Waals surface area contributed by atoms with Gasteiger partial charge < -0.3 is 9.88 Å². The van der Waals surface area contributed by atoms with E-state index in [0.29, 0.717) is 18.7 Å². The summed E-state index contributed by atoms with van der Waals surface area (Å²) in [7, 11) is 0. The lowest BCUT2D eigenvalue weighted by Gasteiger charge is -2.29. The van der Waals surface area contributed by atoms with E-state index in [1.807, 2.05) is 56.9 Å². The number of carbonyl (C=O) groups excluding carboxylic acids is 1. The van der Waals surface area contributed by atoms with E-state index in [2.05, 4.69) is 11.9 Å². The summed E-state index contributed by atoms with van der Waals surface area (Å²) in [6.07, 6.45) is 1.95. The van der Waals surface area contributed by atoms with Crippen LogP contribution in [0, 0.1) is 12.3 Å². The first kappa shape index (κ1) is 18.2. The molecule has 0 radical (unpaired) electrons. The first-order valence-electron chi connectivity index (χ1n) is 8.64. The Balaban J connectivity index is 2.36. The first-order valence-corrected chi connectivity index (χ1v) is 8.64. The minimum atomic E-state index is -0.450. The quantitative estimate of drug-likeness (QED) is 0.901. The van der Waals surface area contributed by atoms with Gasteiger partial charge in [-0.25, -0.2) is 0 Å². The average Bonchev–Trinajstić information content (AvgIpc) is 2.50. The second kappa shape index (κ2) is 7.20. The number of amides is 1. The Morgan fingerprint density at radius 3 is 2.54 bits per heavy atom. The maximum Gasteiger partial charge on any atom is 0.253 e. The molecule has 0 unspecified atom stereocenters. The molecule has 2 aromatic rings. The van der Waals surface area contributed by atoms with Crippen molar-refractivity contribution in [3.05, 3.63) is 45.7 Å². The van der Waals surface area contributed by atoms with Crippen LogP contribution in [0.25, 0.3) is 10.9 Å². The second-order valence-corrected chi connectivity index (χ2v) is 7.54. The minimum Gasteiger partial charge on any atom is -0.338 e. The highest BCUT2D eigenvalue weighted by Gasteiger charge is 2.27. The lowest BCUT2D eigenvalue weighted by molar-refractivity contribution is -0.140. The zero-order chi connectivity index (χ0) is 17.9. The van der Waals surface area contributed by atoms with Gasteiger partial charge in [-0.15, -0.1) is 0 Å². The largest absolute Gasteiger partial charge is 0.338 e. The predicted octanol–water partition coefficient (Wildman–Crippen LogP) is 4.01. The van der Waals surface area contributed by atoms with Gasteiger partial charge in [0.05, 0.1) is 6.54 Å². The van der Waals surface area contributed by atoms with Gasteiger partial charge in [0.25, 0.3) is 5.56 Å². The number of nitrogens with zero attached hydrogens (tertiary/aromatic N) is 1. The molecule has 4 heteroatoms. The van der Waals surface area contributed by atoms with Crippen LogP contribution in [0.1, 0.15) is 51.7 Å². The summed E-state index contributed by atoms with van der Waals surface area (Å²) >= 11 is 0. The van der Waals surface area contributed by atoms with Crippen LogP contribution >= 0.6 is 0 Å². The Bertz CT molecular complexity index is 784. The number of aromatic nitrogens is 1. The fraction of sp³-hybridized carbons (Fsp3) is 0.500. The van der Waals surface area contributed by atoms with E-state index in [-0.39, 0.29) is 11.5 Å². The number of carbonyl (C=O) groups is 1. The van der Waals surface area contributed by atoms with E-state index in [0.717, 1.165) is 29.3 Å². The predicted molar refractivity (Wildman–Crippen MR) is 99.1 cm³/mol. The van der Waals surface area contributed by atoms with Crippen LogP contribution in [0.15, 0.2) is 29.1 Å². The van der Waals surface area contributed by atoms with Gasteiger partial charge in [-0.1, -0.05) is 46.2 Å². The van der Waals surface area contributed by atoms with Crippen LogP contribution < -0.4 is 5.56 Å². The zero-order valence-electron chi connectivity index (χ0n) is 15.4. The molecule has 1 aromatic heterocycles. The molecule has 0 saturated heterocycles. The van der Waals surface area contributed by atoms with Gasteiger partial charge in [0, 0.05) is 23.0 Å². The Morgan fingerprint density at radius 1 is 1.21 bits per heavy atom. The fourth-order valence-electron chi connectivity index (χ4n) is 2.76. The molecule has 1 N–H and O–H groups in total. The topological polar surface area (TPSA) is 53.2 Å². The van der Waals surface area contributed by atoms with Crippen molar-refractivity contribution in [2.24, 2.45) is 5.41 Å². The Labute approximate surface area is 143 Å². The third-order valence-corrected chi connectivity index (χ3v) is 4.15. The van der Waals surface area contributed by atoms with Gasteiger partial charge in [0.2, 0.25) is 5.91 Å². The molecule has 24 heavy (non-hydrogen) atoms. The van der Waals surface area contributed by atoms with Crippen LogP contribution in [0.2, 0.25) is 0 Å². The number of fused-ring (bicyclic) bond motifs is 1. The van der Waals surface area contributed by atoms with Crippen LogP contribution in [0.5, 0.6) is 0 Å². The summed E-state index contributed by atoms with van der Waals surface area (Å²) in [4.78, 5) is 29.9. The van der Waals surface area contributed by atoms with Crippen molar-refractivity contribution in [2.75, 3.05) is 6.54 Å². The van der Waals surface area contributed by atoms with E-state index in [1.54, 1.807) is 0 Å². The van der Waals surface area contributed by atoms with E-state index < -0.39 is 5.41 Å². The van der Waals surface area contributed by atoms with Gasteiger partial charge >= 0.3 is 0 Å². The summed E-state index contributed by atoms with van der Waals surface area (Å²) in [6, 6.07) is 7.91. The molecule has 1 heterocycles. The molecule has 0 bridgehead atoms. The summed E-state index contributed by atoms with van der Waals surface area (Å²) in [5.74, 6) is 0.0827. The van der Waals surface area contributed by atoms with E-state index in [4.69, 9.17) is 0 Å². The van der Waals surface area contributed by atoms with Gasteiger partial charge in [0.15, 0.2) is 0 Å². The van der Waals surface area contributed by atoms with Crippen molar-refractivity contribution in [3.63, 3.8) is 0 Å². The molecule has 0 aliphatic carbocycles. The molecule has 0 spiro atoms. The monoisotopic (exact) mass is 328 g/mol. The molecule has 0 aliphatic rings. The second-order valence-electron chi connectivity index (χ2n) is 7.54. The highest BCUT2D eigenvalue weighted by atomic mass is 16.2. The molecule has 0 saturated carbocycles.